The Labute approximate surface area is 142 Å². The van der Waals surface area contributed by atoms with Crippen LogP contribution in [0.3, 0.4) is 0 Å². The number of ether oxygens (including phenoxy) is 1. The molecule has 24 heavy (non-hydrogen) atoms. The molecule has 5 heteroatoms. The minimum Gasteiger partial charge on any atom is -0.492 e. The fourth-order valence-electron chi connectivity index (χ4n) is 2.30. The molecular weight excluding hydrogens is 307 g/mol. The molecule has 1 atom stereocenters. The molecule has 1 unspecified atom stereocenters. The number of benzene rings is 2. The van der Waals surface area contributed by atoms with Gasteiger partial charge in [-0.3, -0.25) is 9.69 Å². The van der Waals surface area contributed by atoms with E-state index in [4.69, 9.17) is 4.74 Å². The van der Waals surface area contributed by atoms with Crippen molar-refractivity contribution >= 4 is 5.91 Å². The number of hydrogen-bond acceptors (Lipinski definition) is 3. The molecule has 2 rings (SSSR count). The second kappa shape index (κ2) is 9.03. The molecule has 4 nitrogen and oxygen atoms in total. The van der Waals surface area contributed by atoms with E-state index in [0.717, 1.165) is 0 Å². The van der Waals surface area contributed by atoms with E-state index in [2.05, 4.69) is 24.4 Å². The quantitative estimate of drug-likeness (QED) is 0.757. The Morgan fingerprint density at radius 3 is 2.50 bits per heavy atom. The largest absolute Gasteiger partial charge is 0.492 e. The van der Waals surface area contributed by atoms with Gasteiger partial charge in [-0.2, -0.15) is 0 Å². The Morgan fingerprint density at radius 2 is 1.83 bits per heavy atom. The lowest BCUT2D eigenvalue weighted by Gasteiger charge is -2.24. The Kier molecular flexibility index (Phi) is 6.75. The fourth-order valence-corrected chi connectivity index (χ4v) is 2.30. The molecule has 0 aliphatic rings. The molecule has 0 heterocycles. The van der Waals surface area contributed by atoms with Crippen molar-refractivity contribution in [2.24, 2.45) is 0 Å². The summed E-state index contributed by atoms with van der Waals surface area (Å²) in [7, 11) is 1.92. The Balaban J connectivity index is 1.68. The number of hydrogen-bond donors (Lipinski definition) is 1. The topological polar surface area (TPSA) is 41.6 Å². The Bertz CT molecular complexity index is 632. The summed E-state index contributed by atoms with van der Waals surface area (Å²) >= 11 is 0. The molecular formula is C19H23FN2O2. The van der Waals surface area contributed by atoms with Gasteiger partial charge in [-0.25, -0.2) is 4.39 Å². The van der Waals surface area contributed by atoms with E-state index in [1.165, 1.54) is 17.7 Å². The van der Waals surface area contributed by atoms with Crippen LogP contribution in [-0.4, -0.2) is 37.6 Å². The van der Waals surface area contributed by atoms with Crippen LogP contribution in [0.2, 0.25) is 0 Å². The third-order valence-electron chi connectivity index (χ3n) is 3.84. The summed E-state index contributed by atoms with van der Waals surface area (Å²) in [5.74, 6) is 0.231. The van der Waals surface area contributed by atoms with E-state index in [-0.39, 0.29) is 17.8 Å². The van der Waals surface area contributed by atoms with Gasteiger partial charge in [0.15, 0.2) is 0 Å². The van der Waals surface area contributed by atoms with Crippen molar-refractivity contribution in [3.8, 4) is 5.75 Å². The smallest absolute Gasteiger partial charge is 0.234 e. The molecule has 0 aromatic heterocycles. The third kappa shape index (κ3) is 5.66. The molecule has 2 aromatic rings. The molecule has 1 amide bonds. The van der Waals surface area contributed by atoms with Gasteiger partial charge in [-0.05, 0) is 43.8 Å². The van der Waals surface area contributed by atoms with E-state index in [1.807, 2.05) is 30.1 Å². The van der Waals surface area contributed by atoms with Gasteiger partial charge < -0.3 is 10.1 Å². The Hall–Kier alpha value is -2.40. The predicted molar refractivity (Wildman–Crippen MR) is 92.4 cm³/mol. The number of carbonyl (C=O) groups is 1. The summed E-state index contributed by atoms with van der Waals surface area (Å²) in [6, 6.07) is 16.0. The molecule has 2 aromatic carbocycles. The molecule has 0 spiro atoms. The maximum absolute atomic E-state index is 12.8. The van der Waals surface area contributed by atoms with E-state index in [0.29, 0.717) is 25.4 Å². The first kappa shape index (κ1) is 17.9. The first-order valence-electron chi connectivity index (χ1n) is 7.96. The zero-order valence-electron chi connectivity index (χ0n) is 14.0. The van der Waals surface area contributed by atoms with Crippen LogP contribution in [0.1, 0.15) is 18.5 Å². The van der Waals surface area contributed by atoms with Crippen molar-refractivity contribution < 1.29 is 13.9 Å². The summed E-state index contributed by atoms with van der Waals surface area (Å²) in [5.41, 5.74) is 1.17. The summed E-state index contributed by atoms with van der Waals surface area (Å²) in [6.07, 6.45) is 0. The van der Waals surface area contributed by atoms with Crippen molar-refractivity contribution in [1.29, 1.82) is 0 Å². The average Bonchev–Trinajstić information content (AvgIpc) is 2.60. The van der Waals surface area contributed by atoms with E-state index < -0.39 is 0 Å². The lowest BCUT2D eigenvalue weighted by Crippen LogP contribution is -2.38. The molecule has 0 radical (unpaired) electrons. The number of nitrogens with one attached hydrogen (secondary N) is 1. The maximum Gasteiger partial charge on any atom is 0.234 e. The molecule has 128 valence electrons. The van der Waals surface area contributed by atoms with Gasteiger partial charge in [0.25, 0.3) is 0 Å². The highest BCUT2D eigenvalue weighted by Gasteiger charge is 2.14. The van der Waals surface area contributed by atoms with Gasteiger partial charge in [0, 0.05) is 6.04 Å². The van der Waals surface area contributed by atoms with Gasteiger partial charge >= 0.3 is 0 Å². The minimum atomic E-state index is -0.300. The van der Waals surface area contributed by atoms with Crippen molar-refractivity contribution in [3.05, 3.63) is 66.0 Å². The van der Waals surface area contributed by atoms with E-state index in [1.54, 1.807) is 12.1 Å². The highest BCUT2D eigenvalue weighted by atomic mass is 19.1. The number of carbonyl (C=O) groups excluding carboxylic acids is 1. The molecule has 0 aliphatic carbocycles. The monoisotopic (exact) mass is 330 g/mol. The lowest BCUT2D eigenvalue weighted by molar-refractivity contribution is -0.122. The van der Waals surface area contributed by atoms with Crippen LogP contribution in [-0.2, 0) is 4.79 Å². The van der Waals surface area contributed by atoms with Crippen molar-refractivity contribution in [3.63, 3.8) is 0 Å². The van der Waals surface area contributed by atoms with E-state index in [9.17, 15) is 9.18 Å². The second-order valence-corrected chi connectivity index (χ2v) is 5.65. The highest BCUT2D eigenvalue weighted by molar-refractivity contribution is 5.78. The lowest BCUT2D eigenvalue weighted by atomic mass is 10.1. The van der Waals surface area contributed by atoms with Crippen LogP contribution >= 0.6 is 0 Å². The van der Waals surface area contributed by atoms with Crippen LogP contribution in [0.4, 0.5) is 4.39 Å². The normalized spacial score (nSPS) is 12.0. The first-order valence-corrected chi connectivity index (χ1v) is 7.96. The standard InChI is InChI=1S/C19H23FN2O2/c1-15(16-6-4-3-5-7-16)22(2)14-19(23)21-12-13-24-18-10-8-17(20)9-11-18/h3-11,15H,12-14H2,1-2H3,(H,21,23). The minimum absolute atomic E-state index is 0.0528. The number of likely N-dealkylation sites (N-methyl/N-ethyl adjacent to an activating group) is 1. The van der Waals surface area contributed by atoms with Crippen LogP contribution in [0.5, 0.6) is 5.75 Å². The number of halogens is 1. The maximum atomic E-state index is 12.8. The van der Waals surface area contributed by atoms with Gasteiger partial charge in [-0.15, -0.1) is 0 Å². The summed E-state index contributed by atoms with van der Waals surface area (Å²) in [5, 5.41) is 2.82. The fraction of sp³-hybridized carbons (Fsp3) is 0.316. The van der Waals surface area contributed by atoms with Crippen molar-refractivity contribution in [2.45, 2.75) is 13.0 Å². The van der Waals surface area contributed by atoms with E-state index >= 15 is 0 Å². The molecule has 0 aliphatic heterocycles. The van der Waals surface area contributed by atoms with Gasteiger partial charge in [0.05, 0.1) is 13.1 Å². The van der Waals surface area contributed by atoms with Crippen molar-refractivity contribution in [2.75, 3.05) is 26.7 Å². The SMILES string of the molecule is CC(c1ccccc1)N(C)CC(=O)NCCOc1ccc(F)cc1. The zero-order chi connectivity index (χ0) is 17.4. The van der Waals surface area contributed by atoms with Crippen LogP contribution < -0.4 is 10.1 Å². The van der Waals surface area contributed by atoms with Crippen molar-refractivity contribution in [1.82, 2.24) is 10.2 Å². The van der Waals surface area contributed by atoms with Crippen LogP contribution in [0.25, 0.3) is 0 Å². The van der Waals surface area contributed by atoms with Gasteiger partial charge in [-0.1, -0.05) is 30.3 Å². The molecule has 0 fully saturated rings. The molecule has 1 N–H and O–H groups in total. The number of amides is 1. The molecule has 0 bridgehead atoms. The molecule has 0 saturated heterocycles. The Morgan fingerprint density at radius 1 is 1.17 bits per heavy atom. The van der Waals surface area contributed by atoms with Crippen LogP contribution in [0.15, 0.2) is 54.6 Å². The molecule has 0 saturated carbocycles. The van der Waals surface area contributed by atoms with Crippen LogP contribution in [0, 0.1) is 5.82 Å². The highest BCUT2D eigenvalue weighted by Crippen LogP contribution is 2.17. The third-order valence-corrected chi connectivity index (χ3v) is 3.84. The number of nitrogens with zero attached hydrogens (tertiary/aromatic N) is 1. The zero-order valence-corrected chi connectivity index (χ0v) is 14.0. The summed E-state index contributed by atoms with van der Waals surface area (Å²) in [6.45, 7) is 3.13. The predicted octanol–water partition coefficient (Wildman–Crippen LogP) is 3.01. The first-order chi connectivity index (χ1) is 11.6. The summed E-state index contributed by atoms with van der Waals surface area (Å²) in [4.78, 5) is 14.0. The second-order valence-electron chi connectivity index (χ2n) is 5.65. The average molecular weight is 330 g/mol. The van der Waals surface area contributed by atoms with Gasteiger partial charge in [0.1, 0.15) is 18.2 Å². The summed E-state index contributed by atoms with van der Waals surface area (Å²) < 4.78 is 18.2. The van der Waals surface area contributed by atoms with Gasteiger partial charge in [0.2, 0.25) is 5.91 Å². The number of rotatable bonds is 8.